The fourth-order valence-electron chi connectivity index (χ4n) is 1.69. The van der Waals surface area contributed by atoms with Gasteiger partial charge in [0.2, 0.25) is 0 Å². The van der Waals surface area contributed by atoms with Crippen LogP contribution in [-0.2, 0) is 0 Å². The van der Waals surface area contributed by atoms with Gasteiger partial charge in [-0.25, -0.2) is 5.01 Å². The topological polar surface area (TPSA) is 30.5 Å². The van der Waals surface area contributed by atoms with Crippen LogP contribution in [0.25, 0.3) is 0 Å². The van der Waals surface area contributed by atoms with Crippen LogP contribution in [0.5, 0.6) is 0 Å². The molecule has 98 valence electrons. The summed E-state index contributed by atoms with van der Waals surface area (Å²) in [5.41, 5.74) is 0. The number of nitrogens with zero attached hydrogens (tertiary/aromatic N) is 2. The molecular weight excluding hydrogens is 252 g/mol. The second-order valence-corrected chi connectivity index (χ2v) is 4.95. The highest BCUT2D eigenvalue weighted by atomic mass is 32.1. The summed E-state index contributed by atoms with van der Waals surface area (Å²) >= 11 is 10.4. The first-order chi connectivity index (χ1) is 8.19. The maximum absolute atomic E-state index is 5.33. The zero-order chi connectivity index (χ0) is 12.7. The third kappa shape index (κ3) is 4.73. The zero-order valence-corrected chi connectivity index (χ0v) is 12.3. The summed E-state index contributed by atoms with van der Waals surface area (Å²) in [5.74, 6) is 0. The molecule has 0 saturated carbocycles. The molecule has 0 aromatic rings. The van der Waals surface area contributed by atoms with Crippen molar-refractivity contribution in [2.75, 3.05) is 19.8 Å². The van der Waals surface area contributed by atoms with Crippen LogP contribution < -0.4 is 10.6 Å². The summed E-state index contributed by atoms with van der Waals surface area (Å²) in [6.07, 6.45) is 4.77. The summed E-state index contributed by atoms with van der Waals surface area (Å²) in [6, 6.07) is 0. The average Bonchev–Trinajstić information content (AvgIpc) is 2.30. The van der Waals surface area contributed by atoms with Crippen LogP contribution >= 0.6 is 24.4 Å². The predicted octanol–water partition coefficient (Wildman–Crippen LogP) is 1.83. The summed E-state index contributed by atoms with van der Waals surface area (Å²) in [5, 5.41) is 11.8. The van der Waals surface area contributed by atoms with Crippen LogP contribution in [0.1, 0.15) is 39.5 Å². The maximum atomic E-state index is 5.33. The molecule has 0 bridgehead atoms. The van der Waals surface area contributed by atoms with E-state index in [0.29, 0.717) is 16.9 Å². The smallest absolute Gasteiger partial charge is 0.191 e. The lowest BCUT2D eigenvalue weighted by Crippen LogP contribution is -2.62. The van der Waals surface area contributed by atoms with Gasteiger partial charge in [0.25, 0.3) is 0 Å². The lowest BCUT2D eigenvalue weighted by Gasteiger charge is -2.40. The molecule has 1 saturated heterocycles. The third-order valence-electron chi connectivity index (χ3n) is 2.73. The van der Waals surface area contributed by atoms with Gasteiger partial charge in [-0.3, -0.25) is 5.01 Å². The fraction of sp³-hybridized carbons (Fsp3) is 0.818. The van der Waals surface area contributed by atoms with E-state index in [1.165, 1.54) is 25.7 Å². The highest BCUT2D eigenvalue weighted by molar-refractivity contribution is 7.81. The Labute approximate surface area is 115 Å². The Hall–Kier alpha value is -0.460. The summed E-state index contributed by atoms with van der Waals surface area (Å²) < 4.78 is 0. The number of hydrogen-bond acceptors (Lipinski definition) is 3. The third-order valence-corrected chi connectivity index (χ3v) is 3.28. The van der Waals surface area contributed by atoms with E-state index in [9.17, 15) is 0 Å². The Kier molecular flexibility index (Phi) is 6.69. The van der Waals surface area contributed by atoms with Gasteiger partial charge in [0.05, 0.1) is 0 Å². The SMILES string of the molecule is CCCCN(CCCC)N1CNC(=S)NC1=S. The number of thiocarbonyl (C=S) groups is 2. The minimum Gasteiger partial charge on any atom is -0.344 e. The fourth-order valence-corrected chi connectivity index (χ4v) is 2.20. The Morgan fingerprint density at radius 1 is 1.18 bits per heavy atom. The molecule has 1 rings (SSSR count). The van der Waals surface area contributed by atoms with Gasteiger partial charge in [0, 0.05) is 13.1 Å². The molecule has 0 radical (unpaired) electrons. The summed E-state index contributed by atoms with van der Waals surface area (Å²) in [6.45, 7) is 7.19. The van der Waals surface area contributed by atoms with Gasteiger partial charge in [-0.05, 0) is 37.3 Å². The van der Waals surface area contributed by atoms with Gasteiger partial charge in [-0.1, -0.05) is 26.7 Å². The normalized spacial score (nSPS) is 16.1. The average molecular weight is 274 g/mol. The van der Waals surface area contributed by atoms with E-state index < -0.39 is 0 Å². The molecule has 0 aromatic carbocycles. The van der Waals surface area contributed by atoms with Gasteiger partial charge in [0.15, 0.2) is 10.2 Å². The van der Waals surface area contributed by atoms with Crippen molar-refractivity contribution in [3.8, 4) is 0 Å². The van der Waals surface area contributed by atoms with Crippen molar-refractivity contribution in [3.05, 3.63) is 0 Å². The monoisotopic (exact) mass is 274 g/mol. The molecule has 4 nitrogen and oxygen atoms in total. The number of hydrazine groups is 1. The Morgan fingerprint density at radius 3 is 2.24 bits per heavy atom. The van der Waals surface area contributed by atoms with Crippen molar-refractivity contribution in [2.45, 2.75) is 39.5 Å². The molecule has 0 atom stereocenters. The van der Waals surface area contributed by atoms with Gasteiger partial charge < -0.3 is 10.6 Å². The molecule has 1 aliphatic heterocycles. The predicted molar refractivity (Wildman–Crippen MR) is 79.6 cm³/mol. The molecule has 0 amide bonds. The first-order valence-corrected chi connectivity index (χ1v) is 7.11. The van der Waals surface area contributed by atoms with Crippen LogP contribution in [0.15, 0.2) is 0 Å². The molecule has 0 aromatic heterocycles. The van der Waals surface area contributed by atoms with Crippen molar-refractivity contribution in [3.63, 3.8) is 0 Å². The van der Waals surface area contributed by atoms with Crippen molar-refractivity contribution in [2.24, 2.45) is 0 Å². The van der Waals surface area contributed by atoms with Crippen molar-refractivity contribution in [1.82, 2.24) is 20.7 Å². The van der Waals surface area contributed by atoms with E-state index in [1.54, 1.807) is 0 Å². The van der Waals surface area contributed by atoms with E-state index in [4.69, 9.17) is 24.4 Å². The lowest BCUT2D eigenvalue weighted by atomic mass is 10.3. The van der Waals surface area contributed by atoms with E-state index in [2.05, 4.69) is 34.5 Å². The minimum atomic E-state index is 0.622. The van der Waals surface area contributed by atoms with E-state index in [0.717, 1.165) is 13.1 Å². The minimum absolute atomic E-state index is 0.622. The molecular formula is C11H22N4S2. The van der Waals surface area contributed by atoms with E-state index in [1.807, 2.05) is 0 Å². The molecule has 1 fully saturated rings. The molecule has 0 spiro atoms. The maximum Gasteiger partial charge on any atom is 0.191 e. The standard InChI is InChI=1S/C11H22N4S2/c1-3-5-7-14(8-6-4-2)15-9-12-10(16)13-11(15)17/h3-9H2,1-2H3,(H2,12,13,16,17). The van der Waals surface area contributed by atoms with Crippen LogP contribution in [0, 0.1) is 0 Å². The quantitative estimate of drug-likeness (QED) is 0.689. The second-order valence-electron chi connectivity index (χ2n) is 4.15. The Morgan fingerprint density at radius 2 is 1.76 bits per heavy atom. The molecule has 0 unspecified atom stereocenters. The van der Waals surface area contributed by atoms with Crippen molar-refractivity contribution < 1.29 is 0 Å². The highest BCUT2D eigenvalue weighted by Gasteiger charge is 2.22. The zero-order valence-electron chi connectivity index (χ0n) is 10.7. The van der Waals surface area contributed by atoms with Crippen molar-refractivity contribution in [1.29, 1.82) is 0 Å². The van der Waals surface area contributed by atoms with E-state index in [-0.39, 0.29) is 0 Å². The summed E-state index contributed by atoms with van der Waals surface area (Å²) in [7, 11) is 0. The number of nitrogens with one attached hydrogen (secondary N) is 2. The van der Waals surface area contributed by atoms with Gasteiger partial charge in [0.1, 0.15) is 6.67 Å². The van der Waals surface area contributed by atoms with E-state index >= 15 is 0 Å². The van der Waals surface area contributed by atoms with Crippen molar-refractivity contribution >= 4 is 34.7 Å². The summed E-state index contributed by atoms with van der Waals surface area (Å²) in [4.78, 5) is 0. The number of hydrogen-bond donors (Lipinski definition) is 2. The van der Waals surface area contributed by atoms with Gasteiger partial charge in [-0.2, -0.15) is 0 Å². The molecule has 1 heterocycles. The van der Waals surface area contributed by atoms with Crippen LogP contribution in [-0.4, -0.2) is 40.0 Å². The number of unbranched alkanes of at least 4 members (excludes halogenated alkanes) is 2. The van der Waals surface area contributed by atoms with Gasteiger partial charge >= 0.3 is 0 Å². The molecule has 17 heavy (non-hydrogen) atoms. The molecule has 0 aliphatic carbocycles. The first kappa shape index (κ1) is 14.6. The molecule has 2 N–H and O–H groups in total. The Balaban J connectivity index is 2.54. The molecule has 6 heteroatoms. The number of rotatable bonds is 7. The van der Waals surface area contributed by atoms with Crippen LogP contribution in [0.3, 0.4) is 0 Å². The van der Waals surface area contributed by atoms with Gasteiger partial charge in [-0.15, -0.1) is 0 Å². The van der Waals surface area contributed by atoms with Crippen LogP contribution in [0.2, 0.25) is 0 Å². The lowest BCUT2D eigenvalue weighted by molar-refractivity contribution is 0.0356. The first-order valence-electron chi connectivity index (χ1n) is 6.30. The molecule has 1 aliphatic rings. The van der Waals surface area contributed by atoms with Crippen LogP contribution in [0.4, 0.5) is 0 Å². The largest absolute Gasteiger partial charge is 0.344 e. The highest BCUT2D eigenvalue weighted by Crippen LogP contribution is 2.06. The Bertz CT molecular complexity index is 262. The second kappa shape index (κ2) is 7.79.